The normalized spacial score (nSPS) is 13.7. The Bertz CT molecular complexity index is 1040. The van der Waals surface area contributed by atoms with Gasteiger partial charge in [-0.2, -0.15) is 0 Å². The highest BCUT2D eigenvalue weighted by atomic mass is 32.1. The van der Waals surface area contributed by atoms with E-state index < -0.39 is 0 Å². The van der Waals surface area contributed by atoms with Gasteiger partial charge < -0.3 is 19.3 Å². The van der Waals surface area contributed by atoms with Gasteiger partial charge in [0.25, 0.3) is 5.91 Å². The molecule has 1 saturated heterocycles. The minimum atomic E-state index is -0.104. The molecular weight excluding hydrogens is 426 g/mol. The summed E-state index contributed by atoms with van der Waals surface area (Å²) in [6.45, 7) is 3.66. The first-order chi connectivity index (χ1) is 15.5. The van der Waals surface area contributed by atoms with E-state index in [1.165, 1.54) is 11.3 Å². The smallest absolute Gasteiger partial charge is 0.282 e. The van der Waals surface area contributed by atoms with Gasteiger partial charge in [0.1, 0.15) is 11.5 Å². The fraction of sp³-hybridized carbons (Fsp3) is 0.292. The molecule has 1 aliphatic rings. The Morgan fingerprint density at radius 1 is 0.812 bits per heavy atom. The number of amides is 2. The molecule has 2 aromatic carbocycles. The summed E-state index contributed by atoms with van der Waals surface area (Å²) in [4.78, 5) is 34.0. The van der Waals surface area contributed by atoms with Crippen LogP contribution in [0.2, 0.25) is 0 Å². The Balaban J connectivity index is 1.68. The zero-order chi connectivity index (χ0) is 22.7. The van der Waals surface area contributed by atoms with Gasteiger partial charge >= 0.3 is 0 Å². The maximum Gasteiger partial charge on any atom is 0.282 e. The minimum Gasteiger partial charge on any atom is -0.497 e. The minimum absolute atomic E-state index is 0.0370. The van der Waals surface area contributed by atoms with E-state index in [9.17, 15) is 9.59 Å². The van der Waals surface area contributed by atoms with Crippen molar-refractivity contribution in [2.75, 3.05) is 40.4 Å². The lowest BCUT2D eigenvalue weighted by atomic mass is 10.1. The number of carbonyl (C=O) groups is 2. The van der Waals surface area contributed by atoms with E-state index in [-0.39, 0.29) is 11.8 Å². The summed E-state index contributed by atoms with van der Waals surface area (Å²) >= 11 is 1.38. The van der Waals surface area contributed by atoms with Gasteiger partial charge in [-0.3, -0.25) is 9.59 Å². The van der Waals surface area contributed by atoms with Crippen LogP contribution in [0, 0.1) is 0 Å². The zero-order valence-electron chi connectivity index (χ0n) is 18.3. The molecule has 166 valence electrons. The molecule has 0 N–H and O–H groups in total. The molecule has 0 bridgehead atoms. The van der Waals surface area contributed by atoms with Crippen LogP contribution in [0.5, 0.6) is 11.5 Å². The van der Waals surface area contributed by atoms with Crippen LogP contribution in [-0.4, -0.2) is 67.0 Å². The van der Waals surface area contributed by atoms with Crippen LogP contribution < -0.4 is 9.47 Å². The van der Waals surface area contributed by atoms with Gasteiger partial charge in [0, 0.05) is 38.7 Å². The average Bonchev–Trinajstić information content (AvgIpc) is 3.29. The van der Waals surface area contributed by atoms with E-state index in [1.807, 2.05) is 48.5 Å². The van der Waals surface area contributed by atoms with Crippen LogP contribution in [-0.2, 0) is 4.79 Å². The molecule has 1 fully saturated rings. The van der Waals surface area contributed by atoms with E-state index in [2.05, 4.69) is 0 Å². The van der Waals surface area contributed by atoms with Crippen molar-refractivity contribution in [3.05, 3.63) is 53.5 Å². The van der Waals surface area contributed by atoms with Gasteiger partial charge in [-0.15, -0.1) is 11.3 Å². The van der Waals surface area contributed by atoms with E-state index >= 15 is 0 Å². The topological polar surface area (TPSA) is 72.0 Å². The van der Waals surface area contributed by atoms with E-state index in [0.717, 1.165) is 33.2 Å². The van der Waals surface area contributed by atoms with Crippen LogP contribution >= 0.6 is 11.3 Å². The molecule has 4 rings (SSSR count). The summed E-state index contributed by atoms with van der Waals surface area (Å²) in [5.74, 6) is 1.46. The average molecular weight is 452 g/mol. The van der Waals surface area contributed by atoms with E-state index in [0.29, 0.717) is 31.2 Å². The molecule has 3 aromatic rings. The largest absolute Gasteiger partial charge is 0.497 e. The third-order valence-electron chi connectivity index (χ3n) is 5.54. The second-order valence-corrected chi connectivity index (χ2v) is 8.45. The number of aromatic nitrogens is 1. The van der Waals surface area contributed by atoms with Crippen molar-refractivity contribution in [1.29, 1.82) is 0 Å². The molecule has 2 heterocycles. The Kier molecular flexibility index (Phi) is 6.41. The number of carbonyl (C=O) groups excluding carboxylic acids is 2. The van der Waals surface area contributed by atoms with Crippen LogP contribution in [0.15, 0.2) is 48.5 Å². The number of thiazole rings is 1. The van der Waals surface area contributed by atoms with Gasteiger partial charge in [0.05, 0.1) is 24.8 Å². The van der Waals surface area contributed by atoms with Crippen molar-refractivity contribution in [2.45, 2.75) is 6.92 Å². The number of piperazine rings is 1. The highest BCUT2D eigenvalue weighted by Crippen LogP contribution is 2.38. The Hall–Kier alpha value is -3.39. The Morgan fingerprint density at radius 2 is 1.31 bits per heavy atom. The third kappa shape index (κ3) is 4.45. The molecule has 0 spiro atoms. The second-order valence-electron chi connectivity index (χ2n) is 7.45. The molecule has 8 heteroatoms. The number of benzene rings is 2. The molecule has 0 aliphatic carbocycles. The van der Waals surface area contributed by atoms with Crippen molar-refractivity contribution in [3.63, 3.8) is 0 Å². The predicted molar refractivity (Wildman–Crippen MR) is 124 cm³/mol. The zero-order valence-corrected chi connectivity index (χ0v) is 19.1. The fourth-order valence-corrected chi connectivity index (χ4v) is 4.71. The summed E-state index contributed by atoms with van der Waals surface area (Å²) in [7, 11) is 3.26. The molecule has 0 radical (unpaired) electrons. The number of hydrogen-bond acceptors (Lipinski definition) is 6. The van der Waals surface area contributed by atoms with E-state index in [4.69, 9.17) is 14.5 Å². The maximum atomic E-state index is 13.2. The van der Waals surface area contributed by atoms with Crippen LogP contribution in [0.25, 0.3) is 21.7 Å². The Morgan fingerprint density at radius 3 is 1.81 bits per heavy atom. The van der Waals surface area contributed by atoms with Crippen molar-refractivity contribution >= 4 is 23.2 Å². The fourth-order valence-electron chi connectivity index (χ4n) is 3.65. The highest BCUT2D eigenvalue weighted by molar-refractivity contribution is 7.17. The third-order valence-corrected chi connectivity index (χ3v) is 6.63. The van der Waals surface area contributed by atoms with Gasteiger partial charge in [0.15, 0.2) is 5.01 Å². The maximum absolute atomic E-state index is 13.2. The van der Waals surface area contributed by atoms with Gasteiger partial charge in [-0.05, 0) is 54.1 Å². The standard InChI is InChI=1S/C24H25N3O4S/c1-16(28)26-12-14-27(15-13-26)24(29)23-25-21(17-4-8-19(30-2)9-5-17)22(32-23)18-6-10-20(31-3)11-7-18/h4-11H,12-15H2,1-3H3. The van der Waals surface area contributed by atoms with Crippen molar-refractivity contribution in [3.8, 4) is 33.2 Å². The summed E-state index contributed by atoms with van der Waals surface area (Å²) in [5.41, 5.74) is 2.64. The number of nitrogens with zero attached hydrogens (tertiary/aromatic N) is 3. The van der Waals surface area contributed by atoms with Crippen LogP contribution in [0.1, 0.15) is 16.7 Å². The summed E-state index contributed by atoms with van der Waals surface area (Å²) < 4.78 is 10.6. The summed E-state index contributed by atoms with van der Waals surface area (Å²) in [6.07, 6.45) is 0. The quantitative estimate of drug-likeness (QED) is 0.590. The monoisotopic (exact) mass is 451 g/mol. The lowest BCUT2D eigenvalue weighted by Crippen LogP contribution is -2.50. The van der Waals surface area contributed by atoms with Crippen LogP contribution in [0.3, 0.4) is 0 Å². The van der Waals surface area contributed by atoms with Gasteiger partial charge in [0.2, 0.25) is 5.91 Å². The lowest BCUT2D eigenvalue weighted by molar-refractivity contribution is -0.130. The Labute approximate surface area is 191 Å². The first-order valence-electron chi connectivity index (χ1n) is 10.3. The van der Waals surface area contributed by atoms with Gasteiger partial charge in [-0.25, -0.2) is 4.98 Å². The summed E-state index contributed by atoms with van der Waals surface area (Å²) in [6, 6.07) is 15.4. The molecule has 2 amide bonds. The predicted octanol–water partition coefficient (Wildman–Crippen LogP) is 3.80. The number of ether oxygens (including phenoxy) is 2. The highest BCUT2D eigenvalue weighted by Gasteiger charge is 2.27. The number of rotatable bonds is 5. The van der Waals surface area contributed by atoms with E-state index in [1.54, 1.807) is 30.9 Å². The molecule has 0 saturated carbocycles. The van der Waals surface area contributed by atoms with Crippen molar-refractivity contribution < 1.29 is 19.1 Å². The van der Waals surface area contributed by atoms with Crippen molar-refractivity contribution in [1.82, 2.24) is 14.8 Å². The second kappa shape index (κ2) is 9.40. The molecule has 0 atom stereocenters. The lowest BCUT2D eigenvalue weighted by Gasteiger charge is -2.33. The SMILES string of the molecule is COc1ccc(-c2nc(C(=O)N3CCN(C(C)=O)CC3)sc2-c2ccc(OC)cc2)cc1. The van der Waals surface area contributed by atoms with Crippen molar-refractivity contribution in [2.24, 2.45) is 0 Å². The van der Waals surface area contributed by atoms with Gasteiger partial charge in [-0.1, -0.05) is 0 Å². The number of hydrogen-bond donors (Lipinski definition) is 0. The molecule has 7 nitrogen and oxygen atoms in total. The molecule has 1 aromatic heterocycles. The molecular formula is C24H25N3O4S. The molecule has 1 aliphatic heterocycles. The molecule has 0 unspecified atom stereocenters. The first-order valence-corrected chi connectivity index (χ1v) is 11.2. The number of methoxy groups -OCH3 is 2. The van der Waals surface area contributed by atoms with Crippen LogP contribution in [0.4, 0.5) is 0 Å². The first kappa shape index (κ1) is 21.8. The molecule has 32 heavy (non-hydrogen) atoms. The summed E-state index contributed by atoms with van der Waals surface area (Å²) in [5, 5.41) is 0.443.